The van der Waals surface area contributed by atoms with E-state index in [1.54, 1.807) is 25.1 Å². The Hall–Kier alpha value is -2.50. The molecule has 0 amide bonds. The van der Waals surface area contributed by atoms with Crippen molar-refractivity contribution in [1.82, 2.24) is 4.98 Å². The van der Waals surface area contributed by atoms with E-state index < -0.39 is 4.92 Å². The molecule has 5 nitrogen and oxygen atoms in total. The molecule has 1 aromatic heterocycles. The first-order chi connectivity index (χ1) is 9.58. The number of hydrogen-bond acceptors (Lipinski definition) is 4. The van der Waals surface area contributed by atoms with E-state index in [2.05, 4.69) is 10.3 Å². The predicted molar refractivity (Wildman–Crippen MR) is 74.2 cm³/mol. The van der Waals surface area contributed by atoms with Crippen LogP contribution >= 0.6 is 0 Å². The molecule has 0 radical (unpaired) electrons. The number of halogens is 1. The quantitative estimate of drug-likeness (QED) is 0.672. The van der Waals surface area contributed by atoms with Crippen LogP contribution in [0.15, 0.2) is 36.5 Å². The van der Waals surface area contributed by atoms with E-state index in [9.17, 15) is 14.5 Å². The van der Waals surface area contributed by atoms with E-state index in [-0.39, 0.29) is 17.3 Å². The molecule has 0 unspecified atom stereocenters. The Bertz CT molecular complexity index is 614. The molecule has 1 heterocycles. The van der Waals surface area contributed by atoms with Crippen molar-refractivity contribution < 1.29 is 9.31 Å². The fourth-order valence-corrected chi connectivity index (χ4v) is 1.89. The normalized spacial score (nSPS) is 10.3. The Kier molecular flexibility index (Phi) is 4.24. The Morgan fingerprint density at radius 1 is 1.30 bits per heavy atom. The lowest BCUT2D eigenvalue weighted by Gasteiger charge is -2.07. The van der Waals surface area contributed by atoms with Gasteiger partial charge in [0.1, 0.15) is 5.82 Å². The highest BCUT2D eigenvalue weighted by atomic mass is 19.1. The maximum Gasteiger partial charge on any atom is 0.314 e. The van der Waals surface area contributed by atoms with Gasteiger partial charge in [-0.25, -0.2) is 9.37 Å². The molecular weight excluding hydrogens is 261 g/mol. The summed E-state index contributed by atoms with van der Waals surface area (Å²) in [5.74, 6) is -0.0187. The fraction of sp³-hybridized carbons (Fsp3) is 0.214. The van der Waals surface area contributed by atoms with Crippen LogP contribution in [-0.4, -0.2) is 16.5 Å². The van der Waals surface area contributed by atoms with Gasteiger partial charge < -0.3 is 5.32 Å². The number of aromatic nitrogens is 1. The van der Waals surface area contributed by atoms with E-state index in [1.807, 2.05) is 0 Å². The largest absolute Gasteiger partial charge is 0.364 e. The number of anilines is 1. The Morgan fingerprint density at radius 3 is 2.65 bits per heavy atom. The van der Waals surface area contributed by atoms with Gasteiger partial charge in [0.15, 0.2) is 0 Å². The maximum atomic E-state index is 12.8. The minimum absolute atomic E-state index is 0.00777. The van der Waals surface area contributed by atoms with Crippen LogP contribution < -0.4 is 5.32 Å². The Morgan fingerprint density at radius 2 is 2.00 bits per heavy atom. The first kappa shape index (κ1) is 13.9. The van der Waals surface area contributed by atoms with Crippen LogP contribution in [0.5, 0.6) is 0 Å². The van der Waals surface area contributed by atoms with Crippen molar-refractivity contribution in [2.24, 2.45) is 0 Å². The lowest BCUT2D eigenvalue weighted by molar-refractivity contribution is -0.384. The summed E-state index contributed by atoms with van der Waals surface area (Å²) < 4.78 is 12.8. The summed E-state index contributed by atoms with van der Waals surface area (Å²) in [6.07, 6.45) is 2.16. The molecule has 104 valence electrons. The van der Waals surface area contributed by atoms with E-state index in [0.717, 1.165) is 5.56 Å². The van der Waals surface area contributed by atoms with Gasteiger partial charge in [0.05, 0.1) is 4.92 Å². The van der Waals surface area contributed by atoms with Crippen LogP contribution in [0.1, 0.15) is 11.1 Å². The molecule has 1 N–H and O–H groups in total. The Labute approximate surface area is 115 Å². The zero-order chi connectivity index (χ0) is 14.5. The summed E-state index contributed by atoms with van der Waals surface area (Å²) in [5.41, 5.74) is 1.51. The molecule has 2 rings (SSSR count). The van der Waals surface area contributed by atoms with E-state index in [4.69, 9.17) is 0 Å². The second kappa shape index (κ2) is 6.10. The third kappa shape index (κ3) is 3.28. The smallest absolute Gasteiger partial charge is 0.314 e. The molecule has 0 spiro atoms. The van der Waals surface area contributed by atoms with Crippen molar-refractivity contribution in [3.63, 3.8) is 0 Å². The van der Waals surface area contributed by atoms with Crippen molar-refractivity contribution in [2.75, 3.05) is 11.9 Å². The third-order valence-corrected chi connectivity index (χ3v) is 2.93. The number of rotatable bonds is 5. The van der Waals surface area contributed by atoms with E-state index in [0.29, 0.717) is 18.5 Å². The molecule has 0 aliphatic rings. The standard InChI is InChI=1S/C14H14FN3O2/c1-10-6-8-16-14(13(10)18(19)20)17-9-7-11-2-4-12(15)5-3-11/h2-6,8H,7,9H2,1H3,(H,16,17). The minimum Gasteiger partial charge on any atom is -0.364 e. The minimum atomic E-state index is -0.442. The molecular formula is C14H14FN3O2. The number of nitrogens with zero attached hydrogens (tertiary/aromatic N) is 2. The maximum absolute atomic E-state index is 12.8. The topological polar surface area (TPSA) is 68.1 Å². The average molecular weight is 275 g/mol. The first-order valence-electron chi connectivity index (χ1n) is 6.16. The molecule has 0 atom stereocenters. The van der Waals surface area contributed by atoms with Gasteiger partial charge in [-0.3, -0.25) is 10.1 Å². The van der Waals surface area contributed by atoms with Crippen molar-refractivity contribution in [2.45, 2.75) is 13.3 Å². The van der Waals surface area contributed by atoms with Gasteiger partial charge in [-0.05, 0) is 37.1 Å². The lowest BCUT2D eigenvalue weighted by Crippen LogP contribution is -2.09. The van der Waals surface area contributed by atoms with E-state index in [1.165, 1.54) is 18.3 Å². The molecule has 0 aliphatic carbocycles. The first-order valence-corrected chi connectivity index (χ1v) is 6.16. The van der Waals surface area contributed by atoms with Gasteiger partial charge in [0.2, 0.25) is 5.82 Å². The molecule has 0 saturated carbocycles. The van der Waals surface area contributed by atoms with E-state index >= 15 is 0 Å². The monoisotopic (exact) mass is 275 g/mol. The number of aryl methyl sites for hydroxylation is 1. The van der Waals surface area contributed by atoms with Gasteiger partial charge in [-0.1, -0.05) is 12.1 Å². The van der Waals surface area contributed by atoms with Crippen molar-refractivity contribution in [1.29, 1.82) is 0 Å². The molecule has 1 aromatic carbocycles. The lowest BCUT2D eigenvalue weighted by atomic mass is 10.1. The van der Waals surface area contributed by atoms with Crippen LogP contribution in [-0.2, 0) is 6.42 Å². The zero-order valence-corrected chi connectivity index (χ0v) is 11.0. The van der Waals surface area contributed by atoms with Gasteiger partial charge in [0, 0.05) is 18.3 Å². The molecule has 0 aliphatic heterocycles. The van der Waals surface area contributed by atoms with Gasteiger partial charge >= 0.3 is 5.69 Å². The van der Waals surface area contributed by atoms with Crippen LogP contribution in [0.4, 0.5) is 15.9 Å². The summed E-state index contributed by atoms with van der Waals surface area (Å²) >= 11 is 0. The molecule has 6 heteroatoms. The highest BCUT2D eigenvalue weighted by Gasteiger charge is 2.17. The van der Waals surface area contributed by atoms with Crippen molar-refractivity contribution in [3.05, 3.63) is 63.6 Å². The van der Waals surface area contributed by atoms with Gasteiger partial charge in [-0.2, -0.15) is 0 Å². The number of benzene rings is 1. The van der Waals surface area contributed by atoms with Crippen LogP contribution in [0, 0.1) is 22.9 Å². The Balaban J connectivity index is 2.02. The zero-order valence-electron chi connectivity index (χ0n) is 11.0. The molecule has 20 heavy (non-hydrogen) atoms. The highest BCUT2D eigenvalue weighted by molar-refractivity contribution is 5.59. The number of hydrogen-bond donors (Lipinski definition) is 1. The van der Waals surface area contributed by atoms with Crippen LogP contribution in [0.3, 0.4) is 0 Å². The number of nitrogens with one attached hydrogen (secondary N) is 1. The summed E-state index contributed by atoms with van der Waals surface area (Å²) in [6, 6.07) is 7.76. The summed E-state index contributed by atoms with van der Waals surface area (Å²) in [6.45, 7) is 2.16. The van der Waals surface area contributed by atoms with Crippen LogP contribution in [0.25, 0.3) is 0 Å². The van der Waals surface area contributed by atoms with Gasteiger partial charge in [-0.15, -0.1) is 0 Å². The van der Waals surface area contributed by atoms with Crippen LogP contribution in [0.2, 0.25) is 0 Å². The second-order valence-corrected chi connectivity index (χ2v) is 4.39. The van der Waals surface area contributed by atoms with Crippen molar-refractivity contribution >= 4 is 11.5 Å². The van der Waals surface area contributed by atoms with Crippen molar-refractivity contribution in [3.8, 4) is 0 Å². The average Bonchev–Trinajstić information content (AvgIpc) is 2.40. The predicted octanol–water partition coefficient (Wildman–Crippen LogP) is 3.09. The molecule has 0 bridgehead atoms. The molecule has 2 aromatic rings. The SMILES string of the molecule is Cc1ccnc(NCCc2ccc(F)cc2)c1[N+](=O)[O-]. The number of nitro groups is 1. The fourth-order valence-electron chi connectivity index (χ4n) is 1.89. The molecule has 0 fully saturated rings. The summed E-state index contributed by atoms with van der Waals surface area (Å²) in [7, 11) is 0. The van der Waals surface area contributed by atoms with Gasteiger partial charge in [0.25, 0.3) is 0 Å². The molecule has 0 saturated heterocycles. The highest BCUT2D eigenvalue weighted by Crippen LogP contribution is 2.25. The summed E-state index contributed by atoms with van der Waals surface area (Å²) in [4.78, 5) is 14.5. The summed E-state index contributed by atoms with van der Waals surface area (Å²) in [5, 5.41) is 13.9. The second-order valence-electron chi connectivity index (χ2n) is 4.39. The number of pyridine rings is 1. The third-order valence-electron chi connectivity index (χ3n) is 2.93.